The van der Waals surface area contributed by atoms with Crippen LogP contribution in [0.25, 0.3) is 0 Å². The van der Waals surface area contributed by atoms with Crippen LogP contribution in [-0.4, -0.2) is 36.6 Å². The van der Waals surface area contributed by atoms with Gasteiger partial charge in [0.1, 0.15) is 0 Å². The van der Waals surface area contributed by atoms with Gasteiger partial charge in [-0.1, -0.05) is 30.3 Å². The average Bonchev–Trinajstić information content (AvgIpc) is 2.89. The fraction of sp³-hybridized carbons (Fsp3) is 0.105. The van der Waals surface area contributed by atoms with Crippen molar-refractivity contribution in [3.8, 4) is 11.5 Å². The van der Waals surface area contributed by atoms with E-state index in [0.29, 0.717) is 17.9 Å². The second-order valence-electron chi connectivity index (χ2n) is 5.31. The van der Waals surface area contributed by atoms with Gasteiger partial charge in [0.25, 0.3) is 5.91 Å². The van der Waals surface area contributed by atoms with Crippen LogP contribution in [0.4, 0.5) is 5.69 Å². The summed E-state index contributed by atoms with van der Waals surface area (Å²) >= 11 is 0. The van der Waals surface area contributed by atoms with E-state index in [4.69, 9.17) is 4.74 Å². The van der Waals surface area contributed by atoms with E-state index in [1.54, 1.807) is 29.2 Å². The number of phenolic OH excluding ortho intramolecular Hbond substituents is 1. The number of hydrogen-bond donors (Lipinski definition) is 1. The number of rotatable bonds is 5. The molecule has 126 valence electrons. The number of hydrogen-bond acceptors (Lipinski definition) is 5. The van der Waals surface area contributed by atoms with Crippen molar-refractivity contribution in [2.75, 3.05) is 18.6 Å². The Kier molecular flexibility index (Phi) is 4.61. The van der Waals surface area contributed by atoms with Gasteiger partial charge in [0.2, 0.25) is 0 Å². The Balaban J connectivity index is 1.94. The molecule has 6 heteroatoms. The number of nitrogens with zero attached hydrogens (tertiary/aromatic N) is 3. The Bertz CT molecular complexity index is 887. The minimum Gasteiger partial charge on any atom is -0.504 e. The van der Waals surface area contributed by atoms with E-state index in [2.05, 4.69) is 16.8 Å². The predicted molar refractivity (Wildman–Crippen MR) is 97.8 cm³/mol. The molecule has 0 saturated carbocycles. The highest BCUT2D eigenvalue weighted by molar-refractivity contribution is 6.54. The van der Waals surface area contributed by atoms with Crippen LogP contribution in [0.5, 0.6) is 11.5 Å². The lowest BCUT2D eigenvalue weighted by atomic mass is 10.1. The second-order valence-corrected chi connectivity index (χ2v) is 5.31. The number of carbonyl (C=O) groups excluding carboxylic acids is 1. The normalized spacial score (nSPS) is 15.0. The van der Waals surface area contributed by atoms with E-state index >= 15 is 0 Å². The lowest BCUT2D eigenvalue weighted by molar-refractivity contribution is -0.112. The van der Waals surface area contributed by atoms with E-state index in [1.165, 1.54) is 13.3 Å². The van der Waals surface area contributed by atoms with Gasteiger partial charge in [-0.15, -0.1) is 11.7 Å². The Morgan fingerprint density at radius 2 is 2.04 bits per heavy atom. The lowest BCUT2D eigenvalue weighted by Gasteiger charge is -2.13. The molecule has 0 atom stereocenters. The third-order valence-corrected chi connectivity index (χ3v) is 3.81. The van der Waals surface area contributed by atoms with E-state index in [9.17, 15) is 9.90 Å². The maximum atomic E-state index is 12.6. The number of phenols is 1. The Morgan fingerprint density at radius 3 is 2.80 bits per heavy atom. The first-order valence-corrected chi connectivity index (χ1v) is 7.66. The summed E-state index contributed by atoms with van der Waals surface area (Å²) in [7, 11) is 1.47. The summed E-state index contributed by atoms with van der Waals surface area (Å²) in [5.41, 5.74) is 2.22. The molecule has 0 spiro atoms. The van der Waals surface area contributed by atoms with Gasteiger partial charge in [0, 0.05) is 17.7 Å². The standard InChI is InChI=1S/C19H17N3O3/c1-3-11-22-15-9-5-4-8-14(15)17(19(22)24)21-20-12-13-7-6-10-16(25-2)18(13)23/h3-10,12,23H,1,11H2,2H3/b20-12+,21-17-. The van der Waals surface area contributed by atoms with E-state index in [0.717, 1.165) is 11.3 Å². The summed E-state index contributed by atoms with van der Waals surface area (Å²) < 4.78 is 5.05. The predicted octanol–water partition coefficient (Wildman–Crippen LogP) is 2.76. The maximum Gasteiger partial charge on any atom is 0.279 e. The lowest BCUT2D eigenvalue weighted by Crippen LogP contribution is -2.30. The summed E-state index contributed by atoms with van der Waals surface area (Å²) in [6.07, 6.45) is 3.05. The number of carbonyl (C=O) groups is 1. The van der Waals surface area contributed by atoms with Gasteiger partial charge < -0.3 is 14.7 Å². The van der Waals surface area contributed by atoms with Gasteiger partial charge in [-0.05, 0) is 18.2 Å². The molecule has 3 rings (SSSR count). The molecule has 0 aliphatic carbocycles. The van der Waals surface area contributed by atoms with Crippen LogP contribution in [0.3, 0.4) is 0 Å². The SMILES string of the molecule is C=CCN1C(=O)/C(=N\N=C\c2cccc(OC)c2O)c2ccccc21. The number of methoxy groups -OCH3 is 1. The van der Waals surface area contributed by atoms with Gasteiger partial charge in [0.15, 0.2) is 17.2 Å². The molecule has 0 unspecified atom stereocenters. The van der Waals surface area contributed by atoms with Crippen molar-refractivity contribution < 1.29 is 14.6 Å². The minimum absolute atomic E-state index is 0.0274. The quantitative estimate of drug-likeness (QED) is 0.519. The molecule has 1 aliphatic rings. The largest absolute Gasteiger partial charge is 0.504 e. The average molecular weight is 335 g/mol. The van der Waals surface area contributed by atoms with Gasteiger partial charge >= 0.3 is 0 Å². The fourth-order valence-electron chi connectivity index (χ4n) is 2.63. The van der Waals surface area contributed by atoms with Crippen LogP contribution in [0.1, 0.15) is 11.1 Å². The zero-order valence-electron chi connectivity index (χ0n) is 13.7. The van der Waals surface area contributed by atoms with Crippen LogP contribution in [0, 0.1) is 0 Å². The Morgan fingerprint density at radius 1 is 1.24 bits per heavy atom. The van der Waals surface area contributed by atoms with Crippen molar-refractivity contribution in [2.45, 2.75) is 0 Å². The molecular weight excluding hydrogens is 318 g/mol. The Hall–Kier alpha value is -3.41. The molecule has 1 aliphatic heterocycles. The molecule has 25 heavy (non-hydrogen) atoms. The monoisotopic (exact) mass is 335 g/mol. The minimum atomic E-state index is -0.229. The van der Waals surface area contributed by atoms with Crippen LogP contribution in [0.15, 0.2) is 65.3 Å². The second kappa shape index (κ2) is 7.00. The summed E-state index contributed by atoms with van der Waals surface area (Å²) in [6.45, 7) is 4.08. The number of ether oxygens (including phenoxy) is 1. The van der Waals surface area contributed by atoms with Crippen molar-refractivity contribution in [1.29, 1.82) is 0 Å². The molecule has 1 amide bonds. The van der Waals surface area contributed by atoms with Crippen LogP contribution >= 0.6 is 0 Å². The van der Waals surface area contributed by atoms with Crippen molar-refractivity contribution in [2.24, 2.45) is 10.2 Å². The van der Waals surface area contributed by atoms with Gasteiger partial charge in [-0.3, -0.25) is 4.79 Å². The third-order valence-electron chi connectivity index (χ3n) is 3.81. The Labute approximate surface area is 145 Å². The molecule has 2 aromatic carbocycles. The number of amides is 1. The molecule has 6 nitrogen and oxygen atoms in total. The summed E-state index contributed by atoms with van der Waals surface area (Å²) in [5, 5.41) is 18.1. The van der Waals surface area contributed by atoms with Crippen molar-refractivity contribution >= 4 is 23.5 Å². The van der Waals surface area contributed by atoms with Gasteiger partial charge in [0.05, 0.1) is 19.0 Å². The molecule has 0 bridgehead atoms. The zero-order chi connectivity index (χ0) is 17.8. The molecule has 0 aromatic heterocycles. The first-order valence-electron chi connectivity index (χ1n) is 7.66. The molecule has 2 aromatic rings. The highest BCUT2D eigenvalue weighted by atomic mass is 16.5. The van der Waals surface area contributed by atoms with Crippen LogP contribution < -0.4 is 9.64 Å². The van der Waals surface area contributed by atoms with E-state index in [-0.39, 0.29) is 17.4 Å². The molecule has 0 saturated heterocycles. The topological polar surface area (TPSA) is 74.5 Å². The smallest absolute Gasteiger partial charge is 0.279 e. The number of fused-ring (bicyclic) bond motifs is 1. The van der Waals surface area contributed by atoms with Gasteiger partial charge in [-0.2, -0.15) is 5.10 Å². The van der Waals surface area contributed by atoms with Crippen molar-refractivity contribution in [3.63, 3.8) is 0 Å². The van der Waals surface area contributed by atoms with Gasteiger partial charge in [-0.25, -0.2) is 0 Å². The number of anilines is 1. The molecule has 1 heterocycles. The maximum absolute atomic E-state index is 12.6. The summed E-state index contributed by atoms with van der Waals surface area (Å²) in [5.74, 6) is 0.0875. The first-order chi connectivity index (χ1) is 12.2. The van der Waals surface area contributed by atoms with E-state index in [1.807, 2.05) is 24.3 Å². The van der Waals surface area contributed by atoms with Crippen LogP contribution in [-0.2, 0) is 4.79 Å². The van der Waals surface area contributed by atoms with Crippen molar-refractivity contribution in [3.05, 3.63) is 66.2 Å². The molecule has 0 radical (unpaired) electrons. The highest BCUT2D eigenvalue weighted by Crippen LogP contribution is 2.30. The summed E-state index contributed by atoms with van der Waals surface area (Å²) in [4.78, 5) is 14.2. The molecular formula is C19H17N3O3. The first kappa shape index (κ1) is 16.4. The van der Waals surface area contributed by atoms with E-state index < -0.39 is 0 Å². The number of para-hydroxylation sites is 2. The zero-order valence-corrected chi connectivity index (χ0v) is 13.7. The van der Waals surface area contributed by atoms with Crippen LogP contribution in [0.2, 0.25) is 0 Å². The highest BCUT2D eigenvalue weighted by Gasteiger charge is 2.32. The van der Waals surface area contributed by atoms with Crippen molar-refractivity contribution in [1.82, 2.24) is 0 Å². The fourth-order valence-corrected chi connectivity index (χ4v) is 2.63. The molecule has 0 fully saturated rings. The number of aromatic hydroxyl groups is 1. The summed E-state index contributed by atoms with van der Waals surface area (Å²) in [6, 6.07) is 12.4. The third kappa shape index (κ3) is 3.01. The number of benzene rings is 2. The molecule has 1 N–H and O–H groups in total.